The fourth-order valence-electron chi connectivity index (χ4n) is 1.43. The highest BCUT2D eigenvalue weighted by molar-refractivity contribution is 5.35. The van der Waals surface area contributed by atoms with E-state index < -0.39 is 6.10 Å². The molecule has 0 bridgehead atoms. The van der Waals surface area contributed by atoms with Gasteiger partial charge in [-0.1, -0.05) is 18.2 Å². The van der Waals surface area contributed by atoms with Crippen molar-refractivity contribution in [3.8, 4) is 5.75 Å². The molecule has 3 heteroatoms. The summed E-state index contributed by atoms with van der Waals surface area (Å²) >= 11 is 0. The van der Waals surface area contributed by atoms with Gasteiger partial charge in [0.2, 0.25) is 0 Å². The number of hydrogen-bond acceptors (Lipinski definition) is 3. The molecule has 0 aliphatic carbocycles. The molecule has 3 nitrogen and oxygen atoms in total. The van der Waals surface area contributed by atoms with E-state index in [1.165, 1.54) is 0 Å². The quantitative estimate of drug-likeness (QED) is 0.778. The monoisotopic (exact) mass is 209 g/mol. The third-order valence-corrected chi connectivity index (χ3v) is 2.08. The molecule has 1 aromatic carbocycles. The maximum Gasteiger partial charge on any atom is 0.125 e. The van der Waals surface area contributed by atoms with Crippen LogP contribution in [-0.4, -0.2) is 17.8 Å². The average Bonchev–Trinajstić information content (AvgIpc) is 2.18. The molecule has 1 aromatic rings. The van der Waals surface area contributed by atoms with Gasteiger partial charge in [-0.05, 0) is 32.9 Å². The summed E-state index contributed by atoms with van der Waals surface area (Å²) in [6, 6.07) is 7.53. The Morgan fingerprint density at radius 1 is 1.33 bits per heavy atom. The molecule has 0 aromatic heterocycles. The highest BCUT2D eigenvalue weighted by atomic mass is 16.5. The summed E-state index contributed by atoms with van der Waals surface area (Å²) in [5.74, 6) is 0.744. The Morgan fingerprint density at radius 3 is 2.60 bits per heavy atom. The van der Waals surface area contributed by atoms with Crippen LogP contribution < -0.4 is 10.5 Å². The number of para-hydroxylation sites is 1. The van der Waals surface area contributed by atoms with Crippen molar-refractivity contribution >= 4 is 0 Å². The molecular weight excluding hydrogens is 190 g/mol. The third kappa shape index (κ3) is 3.53. The minimum Gasteiger partial charge on any atom is -0.491 e. The van der Waals surface area contributed by atoms with Gasteiger partial charge in [-0.25, -0.2) is 0 Å². The zero-order chi connectivity index (χ0) is 11.3. The molecule has 0 amide bonds. The van der Waals surface area contributed by atoms with Gasteiger partial charge in [0.15, 0.2) is 0 Å². The molecule has 1 atom stereocenters. The van der Waals surface area contributed by atoms with Gasteiger partial charge in [-0.15, -0.1) is 0 Å². The second-order valence-electron chi connectivity index (χ2n) is 3.80. The number of rotatable bonds is 5. The summed E-state index contributed by atoms with van der Waals surface area (Å²) in [6.45, 7) is 4.40. The standard InChI is InChI=1S/C12H19NO2/c1-9(2)15-12-6-4-3-5-10(12)11(14)7-8-13/h3-6,9,11,14H,7-8,13H2,1-2H3/t11-/m1/s1. The lowest BCUT2D eigenvalue weighted by molar-refractivity contribution is 0.159. The van der Waals surface area contributed by atoms with Gasteiger partial charge in [-0.3, -0.25) is 0 Å². The van der Waals surface area contributed by atoms with E-state index in [-0.39, 0.29) is 6.10 Å². The first-order valence-electron chi connectivity index (χ1n) is 5.29. The molecule has 15 heavy (non-hydrogen) atoms. The SMILES string of the molecule is CC(C)Oc1ccccc1[C@H](O)CCN. The number of aliphatic hydroxyl groups is 1. The lowest BCUT2D eigenvalue weighted by Crippen LogP contribution is -2.11. The predicted octanol–water partition coefficient (Wildman–Crippen LogP) is 1.86. The Morgan fingerprint density at radius 2 is 2.00 bits per heavy atom. The van der Waals surface area contributed by atoms with Gasteiger partial charge in [0.25, 0.3) is 0 Å². The van der Waals surface area contributed by atoms with Crippen LogP contribution in [0.15, 0.2) is 24.3 Å². The molecule has 0 saturated carbocycles. The van der Waals surface area contributed by atoms with Gasteiger partial charge < -0.3 is 15.6 Å². The van der Waals surface area contributed by atoms with Crippen LogP contribution in [0.5, 0.6) is 5.75 Å². The second-order valence-corrected chi connectivity index (χ2v) is 3.80. The Kier molecular flexibility index (Phi) is 4.59. The topological polar surface area (TPSA) is 55.5 Å². The highest BCUT2D eigenvalue weighted by Gasteiger charge is 2.12. The Balaban J connectivity index is 2.85. The normalized spacial score (nSPS) is 12.9. The Labute approximate surface area is 90.9 Å². The number of nitrogens with two attached hydrogens (primary N) is 1. The lowest BCUT2D eigenvalue weighted by atomic mass is 10.1. The molecule has 3 N–H and O–H groups in total. The summed E-state index contributed by atoms with van der Waals surface area (Å²) in [6.07, 6.45) is 0.125. The summed E-state index contributed by atoms with van der Waals surface area (Å²) in [5.41, 5.74) is 6.23. The van der Waals surface area contributed by atoms with Gasteiger partial charge in [0.1, 0.15) is 5.75 Å². The van der Waals surface area contributed by atoms with Crippen molar-refractivity contribution in [2.75, 3.05) is 6.54 Å². The van der Waals surface area contributed by atoms with Crippen LogP contribution in [0, 0.1) is 0 Å². The molecule has 0 spiro atoms. The van der Waals surface area contributed by atoms with E-state index in [1.54, 1.807) is 0 Å². The van der Waals surface area contributed by atoms with Gasteiger partial charge >= 0.3 is 0 Å². The Hall–Kier alpha value is -1.06. The summed E-state index contributed by atoms with van der Waals surface area (Å²) < 4.78 is 5.61. The molecule has 1 rings (SSSR count). The number of ether oxygens (including phenoxy) is 1. The van der Waals surface area contributed by atoms with E-state index >= 15 is 0 Å². The third-order valence-electron chi connectivity index (χ3n) is 2.08. The van der Waals surface area contributed by atoms with Crippen molar-refractivity contribution in [3.63, 3.8) is 0 Å². The summed E-state index contributed by atoms with van der Waals surface area (Å²) in [5, 5.41) is 9.85. The maximum atomic E-state index is 9.85. The molecule has 0 saturated heterocycles. The van der Waals surface area contributed by atoms with E-state index in [4.69, 9.17) is 10.5 Å². The smallest absolute Gasteiger partial charge is 0.125 e. The molecule has 0 heterocycles. The molecule has 84 valence electrons. The van der Waals surface area contributed by atoms with Crippen LogP contribution in [0.25, 0.3) is 0 Å². The Bertz CT molecular complexity index is 299. The van der Waals surface area contributed by atoms with E-state index in [1.807, 2.05) is 38.1 Å². The zero-order valence-corrected chi connectivity index (χ0v) is 9.31. The zero-order valence-electron chi connectivity index (χ0n) is 9.31. The van der Waals surface area contributed by atoms with Gasteiger partial charge in [0, 0.05) is 5.56 Å². The van der Waals surface area contributed by atoms with E-state index in [0.29, 0.717) is 13.0 Å². The molecule has 0 aliphatic rings. The first-order valence-corrected chi connectivity index (χ1v) is 5.29. The number of aliphatic hydroxyl groups excluding tert-OH is 1. The molecule has 0 radical (unpaired) electrons. The van der Waals surface area contributed by atoms with E-state index in [9.17, 15) is 5.11 Å². The van der Waals surface area contributed by atoms with Crippen molar-refractivity contribution in [3.05, 3.63) is 29.8 Å². The van der Waals surface area contributed by atoms with Crippen molar-refractivity contribution in [2.45, 2.75) is 32.5 Å². The van der Waals surface area contributed by atoms with Crippen LogP contribution in [0.3, 0.4) is 0 Å². The fourth-order valence-corrected chi connectivity index (χ4v) is 1.43. The van der Waals surface area contributed by atoms with Crippen LogP contribution >= 0.6 is 0 Å². The van der Waals surface area contributed by atoms with Crippen molar-refractivity contribution < 1.29 is 9.84 Å². The number of hydrogen-bond donors (Lipinski definition) is 2. The predicted molar refractivity (Wildman–Crippen MR) is 60.8 cm³/mol. The van der Waals surface area contributed by atoms with Crippen LogP contribution in [0.2, 0.25) is 0 Å². The van der Waals surface area contributed by atoms with Crippen molar-refractivity contribution in [2.24, 2.45) is 5.73 Å². The van der Waals surface area contributed by atoms with Crippen LogP contribution in [0.1, 0.15) is 31.9 Å². The van der Waals surface area contributed by atoms with Crippen molar-refractivity contribution in [1.82, 2.24) is 0 Å². The van der Waals surface area contributed by atoms with Gasteiger partial charge in [-0.2, -0.15) is 0 Å². The molecular formula is C12H19NO2. The summed E-state index contributed by atoms with van der Waals surface area (Å²) in [7, 11) is 0. The molecule has 0 unspecified atom stereocenters. The fraction of sp³-hybridized carbons (Fsp3) is 0.500. The second kappa shape index (κ2) is 5.73. The largest absolute Gasteiger partial charge is 0.491 e. The van der Waals surface area contributed by atoms with E-state index in [2.05, 4.69) is 0 Å². The highest BCUT2D eigenvalue weighted by Crippen LogP contribution is 2.27. The summed E-state index contributed by atoms with van der Waals surface area (Å²) in [4.78, 5) is 0. The lowest BCUT2D eigenvalue weighted by Gasteiger charge is -2.17. The van der Waals surface area contributed by atoms with E-state index in [0.717, 1.165) is 11.3 Å². The first-order chi connectivity index (χ1) is 7.15. The number of benzene rings is 1. The maximum absolute atomic E-state index is 9.85. The van der Waals surface area contributed by atoms with Crippen LogP contribution in [-0.2, 0) is 0 Å². The minimum atomic E-state index is -0.537. The van der Waals surface area contributed by atoms with Crippen LogP contribution in [0.4, 0.5) is 0 Å². The first kappa shape index (κ1) is 12.0. The molecule has 0 aliphatic heterocycles. The van der Waals surface area contributed by atoms with Gasteiger partial charge in [0.05, 0.1) is 12.2 Å². The minimum absolute atomic E-state index is 0.108. The van der Waals surface area contributed by atoms with Crippen molar-refractivity contribution in [1.29, 1.82) is 0 Å². The molecule has 0 fully saturated rings. The average molecular weight is 209 g/mol.